The Morgan fingerprint density at radius 1 is 1.17 bits per heavy atom. The molecule has 0 amide bonds. The lowest BCUT2D eigenvalue weighted by molar-refractivity contribution is -0.134. The fourth-order valence-electron chi connectivity index (χ4n) is 2.26. The maximum atomic E-state index is 11.4. The van der Waals surface area contributed by atoms with Crippen molar-refractivity contribution in [3.8, 4) is 5.75 Å². The molecule has 1 fully saturated rings. The van der Waals surface area contributed by atoms with Crippen LogP contribution in [0.3, 0.4) is 0 Å². The number of piperidine rings is 1. The van der Waals surface area contributed by atoms with Gasteiger partial charge in [-0.2, -0.15) is 0 Å². The smallest absolute Gasteiger partial charge is 0.311 e. The van der Waals surface area contributed by atoms with Crippen LogP contribution >= 0.6 is 0 Å². The molecule has 0 atom stereocenters. The first-order chi connectivity index (χ1) is 8.79. The van der Waals surface area contributed by atoms with Crippen LogP contribution in [0.2, 0.25) is 0 Å². The second-order valence-corrected chi connectivity index (χ2v) is 4.77. The van der Waals surface area contributed by atoms with Gasteiger partial charge >= 0.3 is 5.97 Å². The van der Waals surface area contributed by atoms with Gasteiger partial charge in [-0.1, -0.05) is 6.92 Å². The van der Waals surface area contributed by atoms with E-state index in [0.717, 1.165) is 19.5 Å². The summed E-state index contributed by atoms with van der Waals surface area (Å²) in [5.74, 6) is 0.498. The number of carbonyl (C=O) groups excluding carboxylic acids is 1. The van der Waals surface area contributed by atoms with E-state index in [4.69, 9.17) is 4.74 Å². The highest BCUT2D eigenvalue weighted by Crippen LogP contribution is 2.22. The summed E-state index contributed by atoms with van der Waals surface area (Å²) >= 11 is 0. The summed E-state index contributed by atoms with van der Waals surface area (Å²) in [7, 11) is 0. The molecule has 0 aliphatic carbocycles. The lowest BCUT2D eigenvalue weighted by Crippen LogP contribution is -2.29. The van der Waals surface area contributed by atoms with Crippen LogP contribution in [0, 0.1) is 0 Å². The molecule has 3 nitrogen and oxygen atoms in total. The molecule has 0 unspecified atom stereocenters. The Labute approximate surface area is 109 Å². The molecule has 1 heterocycles. The third-order valence-electron chi connectivity index (χ3n) is 3.24. The van der Waals surface area contributed by atoms with Crippen LogP contribution in [0.4, 0.5) is 5.69 Å². The lowest BCUT2D eigenvalue weighted by Gasteiger charge is -2.28. The number of hydrogen-bond acceptors (Lipinski definition) is 3. The van der Waals surface area contributed by atoms with Crippen molar-refractivity contribution < 1.29 is 9.53 Å². The summed E-state index contributed by atoms with van der Waals surface area (Å²) in [6.07, 6.45) is 5.18. The van der Waals surface area contributed by atoms with Crippen molar-refractivity contribution in [2.75, 3.05) is 18.0 Å². The molecule has 2 rings (SSSR count). The summed E-state index contributed by atoms with van der Waals surface area (Å²) in [6.45, 7) is 4.24. The Kier molecular flexibility index (Phi) is 4.62. The number of nitrogens with zero attached hydrogens (tertiary/aromatic N) is 1. The van der Waals surface area contributed by atoms with Crippen molar-refractivity contribution in [3.63, 3.8) is 0 Å². The fourth-order valence-corrected chi connectivity index (χ4v) is 2.26. The number of carbonyl (C=O) groups is 1. The van der Waals surface area contributed by atoms with Gasteiger partial charge < -0.3 is 9.64 Å². The van der Waals surface area contributed by atoms with Crippen molar-refractivity contribution in [1.29, 1.82) is 0 Å². The van der Waals surface area contributed by atoms with Gasteiger partial charge in [0.1, 0.15) is 5.75 Å². The lowest BCUT2D eigenvalue weighted by atomic mass is 10.1. The average molecular weight is 247 g/mol. The Bertz CT molecular complexity index is 380. The van der Waals surface area contributed by atoms with E-state index < -0.39 is 0 Å². The minimum atomic E-state index is -0.150. The van der Waals surface area contributed by atoms with Crippen LogP contribution in [-0.4, -0.2) is 19.1 Å². The number of benzene rings is 1. The number of esters is 1. The predicted molar refractivity (Wildman–Crippen MR) is 73.0 cm³/mol. The quantitative estimate of drug-likeness (QED) is 0.603. The van der Waals surface area contributed by atoms with Gasteiger partial charge in [0.15, 0.2) is 0 Å². The Morgan fingerprint density at radius 2 is 1.83 bits per heavy atom. The summed E-state index contributed by atoms with van der Waals surface area (Å²) in [6, 6.07) is 7.86. The van der Waals surface area contributed by atoms with Crippen molar-refractivity contribution in [1.82, 2.24) is 0 Å². The van der Waals surface area contributed by atoms with Gasteiger partial charge in [0, 0.05) is 25.2 Å². The summed E-state index contributed by atoms with van der Waals surface area (Å²) < 4.78 is 5.24. The molecule has 1 aliphatic rings. The molecule has 0 bridgehead atoms. The number of hydrogen-bond donors (Lipinski definition) is 0. The molecule has 1 aromatic carbocycles. The maximum Gasteiger partial charge on any atom is 0.311 e. The van der Waals surface area contributed by atoms with E-state index in [9.17, 15) is 4.79 Å². The second kappa shape index (κ2) is 6.43. The number of rotatable bonds is 4. The second-order valence-electron chi connectivity index (χ2n) is 4.77. The predicted octanol–water partition coefficient (Wildman–Crippen LogP) is 3.38. The highest BCUT2D eigenvalue weighted by atomic mass is 16.5. The molecular formula is C15H21NO2. The van der Waals surface area contributed by atoms with Gasteiger partial charge in [-0.25, -0.2) is 0 Å². The van der Waals surface area contributed by atoms with E-state index >= 15 is 0 Å². The van der Waals surface area contributed by atoms with E-state index in [-0.39, 0.29) is 5.97 Å². The van der Waals surface area contributed by atoms with Crippen molar-refractivity contribution >= 4 is 11.7 Å². The van der Waals surface area contributed by atoms with E-state index in [1.807, 2.05) is 31.2 Å². The minimum Gasteiger partial charge on any atom is -0.427 e. The molecule has 1 saturated heterocycles. The van der Waals surface area contributed by atoms with E-state index in [2.05, 4.69) is 4.90 Å². The topological polar surface area (TPSA) is 29.5 Å². The zero-order valence-corrected chi connectivity index (χ0v) is 11.0. The van der Waals surface area contributed by atoms with Gasteiger partial charge in [-0.05, 0) is 49.9 Å². The molecule has 0 radical (unpaired) electrons. The summed E-state index contributed by atoms with van der Waals surface area (Å²) in [5, 5.41) is 0. The standard InChI is InChI=1S/C15H21NO2/c1-2-6-15(17)18-14-9-7-13(8-10-14)16-11-4-3-5-12-16/h7-10H,2-6,11-12H2,1H3. The number of anilines is 1. The van der Waals surface area contributed by atoms with Crippen LogP contribution in [0.25, 0.3) is 0 Å². The zero-order chi connectivity index (χ0) is 12.8. The fraction of sp³-hybridized carbons (Fsp3) is 0.533. The van der Waals surface area contributed by atoms with E-state index in [1.165, 1.54) is 24.9 Å². The van der Waals surface area contributed by atoms with Crippen LogP contribution in [0.5, 0.6) is 5.75 Å². The van der Waals surface area contributed by atoms with Crippen LogP contribution < -0.4 is 9.64 Å². The van der Waals surface area contributed by atoms with Crippen LogP contribution in [0.1, 0.15) is 39.0 Å². The summed E-state index contributed by atoms with van der Waals surface area (Å²) in [5.41, 5.74) is 1.23. The van der Waals surface area contributed by atoms with Crippen LogP contribution in [0.15, 0.2) is 24.3 Å². The molecule has 0 N–H and O–H groups in total. The molecule has 0 saturated carbocycles. The van der Waals surface area contributed by atoms with Crippen molar-refractivity contribution in [3.05, 3.63) is 24.3 Å². The summed E-state index contributed by atoms with van der Waals surface area (Å²) in [4.78, 5) is 13.8. The van der Waals surface area contributed by atoms with E-state index in [0.29, 0.717) is 12.2 Å². The number of ether oxygens (including phenoxy) is 1. The third-order valence-corrected chi connectivity index (χ3v) is 3.24. The van der Waals surface area contributed by atoms with Gasteiger partial charge in [0.25, 0.3) is 0 Å². The van der Waals surface area contributed by atoms with Gasteiger partial charge in [0.2, 0.25) is 0 Å². The highest BCUT2D eigenvalue weighted by Gasteiger charge is 2.11. The van der Waals surface area contributed by atoms with Gasteiger partial charge in [-0.15, -0.1) is 0 Å². The molecular weight excluding hydrogens is 226 g/mol. The molecule has 1 aromatic rings. The van der Waals surface area contributed by atoms with Crippen molar-refractivity contribution in [2.24, 2.45) is 0 Å². The van der Waals surface area contributed by atoms with E-state index in [1.54, 1.807) is 0 Å². The highest BCUT2D eigenvalue weighted by molar-refractivity contribution is 5.72. The molecule has 0 aromatic heterocycles. The SMILES string of the molecule is CCCC(=O)Oc1ccc(N2CCCCC2)cc1. The van der Waals surface area contributed by atoms with Crippen molar-refractivity contribution in [2.45, 2.75) is 39.0 Å². The van der Waals surface area contributed by atoms with Gasteiger partial charge in [0.05, 0.1) is 0 Å². The molecule has 3 heteroatoms. The van der Waals surface area contributed by atoms with Gasteiger partial charge in [-0.3, -0.25) is 4.79 Å². The first-order valence-corrected chi connectivity index (χ1v) is 6.85. The first-order valence-electron chi connectivity index (χ1n) is 6.85. The monoisotopic (exact) mass is 247 g/mol. The Hall–Kier alpha value is -1.51. The molecule has 98 valence electrons. The molecule has 1 aliphatic heterocycles. The minimum absolute atomic E-state index is 0.150. The Balaban J connectivity index is 1.94. The maximum absolute atomic E-state index is 11.4. The zero-order valence-electron chi connectivity index (χ0n) is 11.0. The van der Waals surface area contributed by atoms with Crippen LogP contribution in [-0.2, 0) is 4.79 Å². The first kappa shape index (κ1) is 12.9. The normalized spacial score (nSPS) is 15.5. The molecule has 18 heavy (non-hydrogen) atoms. The largest absolute Gasteiger partial charge is 0.427 e. The Morgan fingerprint density at radius 3 is 2.44 bits per heavy atom. The average Bonchev–Trinajstić information content (AvgIpc) is 2.41. The molecule has 0 spiro atoms. The third kappa shape index (κ3) is 3.49.